The number of hydrogen-bond acceptors (Lipinski definition) is 5. The van der Waals surface area contributed by atoms with Gasteiger partial charge in [0, 0.05) is 42.0 Å². The highest BCUT2D eigenvalue weighted by Crippen LogP contribution is 2.29. The number of aromatic nitrogens is 3. The van der Waals surface area contributed by atoms with Crippen molar-refractivity contribution in [3.8, 4) is 0 Å². The summed E-state index contributed by atoms with van der Waals surface area (Å²) in [5.74, 6) is 1.40. The molecule has 4 nitrogen and oxygen atoms in total. The molecule has 0 N–H and O–H groups in total. The van der Waals surface area contributed by atoms with Crippen molar-refractivity contribution in [3.63, 3.8) is 0 Å². The molecule has 0 unspecified atom stereocenters. The van der Waals surface area contributed by atoms with E-state index in [1.165, 1.54) is 17.8 Å². The topological polar surface area (TPSA) is 41.9 Å². The van der Waals surface area contributed by atoms with Crippen LogP contribution in [0.2, 0.25) is 0 Å². The lowest BCUT2D eigenvalue weighted by molar-refractivity contribution is 0.501. The van der Waals surface area contributed by atoms with Crippen LogP contribution in [0.5, 0.6) is 0 Å². The van der Waals surface area contributed by atoms with Crippen molar-refractivity contribution in [1.29, 1.82) is 0 Å². The van der Waals surface area contributed by atoms with Crippen molar-refractivity contribution < 1.29 is 0 Å². The molecule has 0 aromatic carbocycles. The Bertz CT molecular complexity index is 532. The second-order valence-electron chi connectivity index (χ2n) is 5.11. The number of piperidine rings is 1. The molecule has 1 aliphatic rings. The molecule has 3 rings (SSSR count). The molecule has 5 heteroatoms. The fourth-order valence-electron chi connectivity index (χ4n) is 2.65. The molecule has 0 amide bonds. The fourth-order valence-corrected chi connectivity index (χ4v) is 3.41. The van der Waals surface area contributed by atoms with E-state index in [4.69, 9.17) is 0 Å². The molecule has 0 saturated carbocycles. The Hall–Kier alpha value is -1.49. The van der Waals surface area contributed by atoms with E-state index in [1.54, 1.807) is 11.3 Å². The summed E-state index contributed by atoms with van der Waals surface area (Å²) in [6.07, 6.45) is 4.29. The lowest BCUT2D eigenvalue weighted by atomic mass is 9.99. The summed E-state index contributed by atoms with van der Waals surface area (Å²) in [5.41, 5.74) is 2.08. The second-order valence-corrected chi connectivity index (χ2v) is 6.03. The minimum atomic E-state index is 0.526. The molecular weight excluding hydrogens is 256 g/mol. The summed E-state index contributed by atoms with van der Waals surface area (Å²) in [5, 5.41) is 3.30. The van der Waals surface area contributed by atoms with Crippen LogP contribution in [-0.4, -0.2) is 28.0 Å². The molecule has 2 aromatic heterocycles. The van der Waals surface area contributed by atoms with E-state index in [2.05, 4.69) is 25.2 Å². The zero-order valence-corrected chi connectivity index (χ0v) is 12.2. The second kappa shape index (κ2) is 5.25. The van der Waals surface area contributed by atoms with Gasteiger partial charge in [0.1, 0.15) is 0 Å². The summed E-state index contributed by atoms with van der Waals surface area (Å²) in [6, 6.07) is 2.02. The van der Waals surface area contributed by atoms with Gasteiger partial charge in [0.2, 0.25) is 5.95 Å². The first-order valence-electron chi connectivity index (χ1n) is 6.69. The zero-order valence-electron chi connectivity index (χ0n) is 11.3. The molecule has 0 radical (unpaired) electrons. The monoisotopic (exact) mass is 274 g/mol. The number of hydrogen-bond donors (Lipinski definition) is 0. The van der Waals surface area contributed by atoms with Gasteiger partial charge < -0.3 is 4.90 Å². The summed E-state index contributed by atoms with van der Waals surface area (Å²) >= 11 is 1.75. The van der Waals surface area contributed by atoms with Crippen LogP contribution in [-0.2, 0) is 0 Å². The van der Waals surface area contributed by atoms with Crippen LogP contribution in [0.15, 0.2) is 17.6 Å². The van der Waals surface area contributed by atoms with Crippen molar-refractivity contribution in [1.82, 2.24) is 15.0 Å². The summed E-state index contributed by atoms with van der Waals surface area (Å²) in [4.78, 5) is 15.9. The van der Waals surface area contributed by atoms with Gasteiger partial charge in [-0.05, 0) is 32.8 Å². The Morgan fingerprint density at radius 3 is 2.74 bits per heavy atom. The van der Waals surface area contributed by atoms with Crippen LogP contribution in [0.1, 0.15) is 35.2 Å². The number of anilines is 1. The van der Waals surface area contributed by atoms with Gasteiger partial charge in [0.15, 0.2) is 0 Å². The first kappa shape index (κ1) is 12.5. The van der Waals surface area contributed by atoms with Crippen LogP contribution in [0.4, 0.5) is 5.95 Å². The molecular formula is C14H18N4S. The first-order chi connectivity index (χ1) is 9.22. The van der Waals surface area contributed by atoms with Gasteiger partial charge in [-0.2, -0.15) is 0 Å². The largest absolute Gasteiger partial charge is 0.340 e. The Morgan fingerprint density at radius 1 is 1.26 bits per heavy atom. The molecule has 1 aliphatic heterocycles. The average Bonchev–Trinajstić information content (AvgIpc) is 2.92. The summed E-state index contributed by atoms with van der Waals surface area (Å²) in [7, 11) is 0. The number of thiazole rings is 1. The SMILES string of the molecule is Cc1cc(C)nc(N2CCC[C@@H](c3nccs3)C2)n1. The molecule has 1 atom stereocenters. The van der Waals surface area contributed by atoms with Crippen LogP contribution >= 0.6 is 11.3 Å². The van der Waals surface area contributed by atoms with E-state index in [-0.39, 0.29) is 0 Å². The van der Waals surface area contributed by atoms with E-state index in [9.17, 15) is 0 Å². The van der Waals surface area contributed by atoms with Gasteiger partial charge in [0.05, 0.1) is 5.01 Å². The Balaban J connectivity index is 1.81. The smallest absolute Gasteiger partial charge is 0.225 e. The predicted octanol–water partition coefficient (Wildman–Crippen LogP) is 2.93. The Kier molecular flexibility index (Phi) is 3.46. The number of nitrogens with zero attached hydrogens (tertiary/aromatic N) is 4. The van der Waals surface area contributed by atoms with Crippen LogP contribution in [0, 0.1) is 13.8 Å². The minimum absolute atomic E-state index is 0.526. The maximum absolute atomic E-state index is 4.57. The van der Waals surface area contributed by atoms with Crippen molar-refractivity contribution in [2.45, 2.75) is 32.6 Å². The van der Waals surface area contributed by atoms with Gasteiger partial charge >= 0.3 is 0 Å². The third-order valence-corrected chi connectivity index (χ3v) is 4.41. The Morgan fingerprint density at radius 2 is 2.05 bits per heavy atom. The highest BCUT2D eigenvalue weighted by molar-refractivity contribution is 7.09. The Labute approximate surface area is 117 Å². The quantitative estimate of drug-likeness (QED) is 0.844. The van der Waals surface area contributed by atoms with E-state index in [1.807, 2.05) is 26.1 Å². The highest BCUT2D eigenvalue weighted by Gasteiger charge is 2.24. The molecule has 3 heterocycles. The molecule has 0 spiro atoms. The number of aryl methyl sites for hydroxylation is 2. The van der Waals surface area contributed by atoms with Gasteiger partial charge in [-0.3, -0.25) is 0 Å². The number of rotatable bonds is 2. The molecule has 0 bridgehead atoms. The van der Waals surface area contributed by atoms with Crippen LogP contribution in [0.25, 0.3) is 0 Å². The molecule has 0 aliphatic carbocycles. The first-order valence-corrected chi connectivity index (χ1v) is 7.57. The van der Waals surface area contributed by atoms with E-state index in [0.29, 0.717) is 5.92 Å². The lowest BCUT2D eigenvalue weighted by Gasteiger charge is -2.32. The third kappa shape index (κ3) is 2.76. The maximum Gasteiger partial charge on any atom is 0.225 e. The van der Waals surface area contributed by atoms with Gasteiger partial charge in [-0.1, -0.05) is 0 Å². The van der Waals surface area contributed by atoms with Crippen molar-refractivity contribution in [2.24, 2.45) is 0 Å². The molecule has 1 saturated heterocycles. The summed E-state index contributed by atoms with van der Waals surface area (Å²) < 4.78 is 0. The third-order valence-electron chi connectivity index (χ3n) is 3.48. The van der Waals surface area contributed by atoms with Crippen LogP contribution < -0.4 is 4.90 Å². The van der Waals surface area contributed by atoms with E-state index < -0.39 is 0 Å². The highest BCUT2D eigenvalue weighted by atomic mass is 32.1. The normalized spacial score (nSPS) is 19.7. The predicted molar refractivity (Wildman–Crippen MR) is 77.8 cm³/mol. The van der Waals surface area contributed by atoms with Gasteiger partial charge in [-0.25, -0.2) is 15.0 Å². The molecule has 19 heavy (non-hydrogen) atoms. The minimum Gasteiger partial charge on any atom is -0.340 e. The van der Waals surface area contributed by atoms with Crippen LogP contribution in [0.3, 0.4) is 0 Å². The van der Waals surface area contributed by atoms with Gasteiger partial charge in [0.25, 0.3) is 0 Å². The van der Waals surface area contributed by atoms with Gasteiger partial charge in [-0.15, -0.1) is 11.3 Å². The van der Waals surface area contributed by atoms with Crippen molar-refractivity contribution >= 4 is 17.3 Å². The van der Waals surface area contributed by atoms with Crippen molar-refractivity contribution in [3.05, 3.63) is 34.0 Å². The fraction of sp³-hybridized carbons (Fsp3) is 0.500. The van der Waals surface area contributed by atoms with E-state index in [0.717, 1.165) is 30.4 Å². The zero-order chi connectivity index (χ0) is 13.2. The summed E-state index contributed by atoms with van der Waals surface area (Å²) in [6.45, 7) is 6.09. The molecule has 1 fully saturated rings. The average molecular weight is 274 g/mol. The van der Waals surface area contributed by atoms with E-state index >= 15 is 0 Å². The maximum atomic E-state index is 4.57. The van der Waals surface area contributed by atoms with Crippen molar-refractivity contribution in [2.75, 3.05) is 18.0 Å². The molecule has 2 aromatic rings. The standard InChI is InChI=1S/C14H18N4S/c1-10-8-11(2)17-14(16-10)18-6-3-4-12(9-18)13-15-5-7-19-13/h5,7-8,12H,3-4,6,9H2,1-2H3/t12-/m1/s1. The molecule has 100 valence electrons. The lowest BCUT2D eigenvalue weighted by Crippen LogP contribution is -2.35.